The van der Waals surface area contributed by atoms with Gasteiger partial charge >= 0.3 is 6.18 Å². The van der Waals surface area contributed by atoms with Crippen molar-refractivity contribution in [3.63, 3.8) is 0 Å². The number of hydrogen-bond acceptors (Lipinski definition) is 3. The molecule has 1 atom stereocenters. The van der Waals surface area contributed by atoms with E-state index in [0.29, 0.717) is 36.8 Å². The van der Waals surface area contributed by atoms with E-state index in [0.717, 1.165) is 0 Å². The van der Waals surface area contributed by atoms with Gasteiger partial charge in [0.05, 0.1) is 6.04 Å². The Kier molecular flexibility index (Phi) is 6.29. The van der Waals surface area contributed by atoms with Crippen LogP contribution in [0.25, 0.3) is 0 Å². The first-order valence-corrected chi connectivity index (χ1v) is 8.18. The zero-order valence-corrected chi connectivity index (χ0v) is 14.4. The number of alkyl halides is 3. The summed E-state index contributed by atoms with van der Waals surface area (Å²) in [5.41, 5.74) is 0.483. The van der Waals surface area contributed by atoms with Crippen LogP contribution < -0.4 is 5.32 Å². The lowest BCUT2D eigenvalue weighted by atomic mass is 10.1. The molecule has 1 fully saturated rings. The van der Waals surface area contributed by atoms with Gasteiger partial charge in [-0.3, -0.25) is 14.5 Å². The molecule has 1 aliphatic rings. The van der Waals surface area contributed by atoms with Crippen molar-refractivity contribution in [2.75, 3.05) is 32.7 Å². The highest BCUT2D eigenvalue weighted by atomic mass is 35.5. The first-order valence-electron chi connectivity index (χ1n) is 7.81. The molecule has 0 saturated carbocycles. The minimum atomic E-state index is -4.43. The topological polar surface area (TPSA) is 52.7 Å². The number of nitrogens with zero attached hydrogens (tertiary/aromatic N) is 2. The number of piperazine rings is 1. The monoisotopic (exact) mass is 377 g/mol. The maximum absolute atomic E-state index is 12.4. The van der Waals surface area contributed by atoms with Crippen molar-refractivity contribution in [2.45, 2.75) is 19.1 Å². The van der Waals surface area contributed by atoms with Crippen LogP contribution in [0.4, 0.5) is 13.2 Å². The van der Waals surface area contributed by atoms with Crippen molar-refractivity contribution in [3.05, 3.63) is 34.9 Å². The number of rotatable bonds is 4. The lowest BCUT2D eigenvalue weighted by Gasteiger charge is -2.37. The van der Waals surface area contributed by atoms with Gasteiger partial charge in [-0.05, 0) is 25.1 Å². The first kappa shape index (κ1) is 19.5. The minimum Gasteiger partial charge on any atom is -0.346 e. The van der Waals surface area contributed by atoms with E-state index in [1.807, 2.05) is 5.32 Å². The van der Waals surface area contributed by atoms with E-state index >= 15 is 0 Å². The average molecular weight is 378 g/mol. The number of benzene rings is 1. The van der Waals surface area contributed by atoms with Gasteiger partial charge in [0, 0.05) is 36.8 Å². The van der Waals surface area contributed by atoms with Gasteiger partial charge in [-0.2, -0.15) is 13.2 Å². The fraction of sp³-hybridized carbons (Fsp3) is 0.500. The van der Waals surface area contributed by atoms with Crippen LogP contribution in [0.3, 0.4) is 0 Å². The lowest BCUT2D eigenvalue weighted by Crippen LogP contribution is -2.55. The van der Waals surface area contributed by atoms with Crippen LogP contribution in [0.5, 0.6) is 0 Å². The maximum atomic E-state index is 12.4. The molecular weight excluding hydrogens is 359 g/mol. The predicted octanol–water partition coefficient (Wildman–Crippen LogP) is 2.16. The smallest absolute Gasteiger partial charge is 0.346 e. The highest BCUT2D eigenvalue weighted by Gasteiger charge is 2.31. The second kappa shape index (κ2) is 8.05. The molecule has 0 radical (unpaired) electrons. The second-order valence-electron chi connectivity index (χ2n) is 5.85. The zero-order chi connectivity index (χ0) is 18.6. The van der Waals surface area contributed by atoms with E-state index in [4.69, 9.17) is 11.6 Å². The largest absolute Gasteiger partial charge is 0.405 e. The third-order valence-electron chi connectivity index (χ3n) is 4.06. The predicted molar refractivity (Wildman–Crippen MR) is 87.5 cm³/mol. The SMILES string of the molecule is CC(C(=O)NCC(F)(F)F)N1CCN(C(=O)c2cccc(Cl)c2)CC1. The van der Waals surface area contributed by atoms with Crippen molar-refractivity contribution < 1.29 is 22.8 Å². The van der Waals surface area contributed by atoms with Crippen molar-refractivity contribution in [1.29, 1.82) is 0 Å². The van der Waals surface area contributed by atoms with Crippen LogP contribution in [0, 0.1) is 0 Å². The van der Waals surface area contributed by atoms with Crippen LogP contribution in [-0.2, 0) is 4.79 Å². The fourth-order valence-corrected chi connectivity index (χ4v) is 2.81. The number of carbonyl (C=O) groups is 2. The fourth-order valence-electron chi connectivity index (χ4n) is 2.62. The lowest BCUT2D eigenvalue weighted by molar-refractivity contribution is -0.141. The zero-order valence-electron chi connectivity index (χ0n) is 13.6. The molecule has 25 heavy (non-hydrogen) atoms. The molecule has 2 rings (SSSR count). The molecule has 0 aliphatic carbocycles. The Balaban J connectivity index is 1.86. The summed E-state index contributed by atoms with van der Waals surface area (Å²) in [5, 5.41) is 2.36. The van der Waals surface area contributed by atoms with Gasteiger partial charge in [0.1, 0.15) is 6.54 Å². The number of halogens is 4. The van der Waals surface area contributed by atoms with Crippen molar-refractivity contribution in [1.82, 2.24) is 15.1 Å². The average Bonchev–Trinajstić information content (AvgIpc) is 2.58. The van der Waals surface area contributed by atoms with Crippen molar-refractivity contribution >= 4 is 23.4 Å². The highest BCUT2D eigenvalue weighted by Crippen LogP contribution is 2.16. The van der Waals surface area contributed by atoms with Gasteiger partial charge in [0.2, 0.25) is 5.91 Å². The Morgan fingerprint density at radius 1 is 1.24 bits per heavy atom. The van der Waals surface area contributed by atoms with Gasteiger partial charge in [-0.25, -0.2) is 0 Å². The molecule has 5 nitrogen and oxygen atoms in total. The van der Waals surface area contributed by atoms with Crippen LogP contribution >= 0.6 is 11.6 Å². The van der Waals surface area contributed by atoms with Crippen molar-refractivity contribution in [2.24, 2.45) is 0 Å². The summed E-state index contributed by atoms with van der Waals surface area (Å²) in [5.74, 6) is -0.830. The molecule has 1 saturated heterocycles. The van der Waals surface area contributed by atoms with E-state index in [1.165, 1.54) is 0 Å². The molecule has 138 valence electrons. The summed E-state index contributed by atoms with van der Waals surface area (Å²) in [4.78, 5) is 27.6. The molecule has 1 aromatic rings. The third-order valence-corrected chi connectivity index (χ3v) is 4.30. The molecule has 1 aliphatic heterocycles. The Morgan fingerprint density at radius 2 is 1.88 bits per heavy atom. The Bertz CT molecular complexity index is 631. The highest BCUT2D eigenvalue weighted by molar-refractivity contribution is 6.30. The summed E-state index contributed by atoms with van der Waals surface area (Å²) in [7, 11) is 0. The van der Waals surface area contributed by atoms with Gasteiger partial charge in [-0.1, -0.05) is 17.7 Å². The Labute approximate surface area is 148 Å². The second-order valence-corrected chi connectivity index (χ2v) is 6.28. The molecule has 1 heterocycles. The minimum absolute atomic E-state index is 0.156. The van der Waals surface area contributed by atoms with E-state index in [2.05, 4.69) is 0 Å². The molecule has 0 aromatic heterocycles. The number of hydrogen-bond donors (Lipinski definition) is 1. The van der Waals surface area contributed by atoms with Gasteiger partial charge in [-0.15, -0.1) is 0 Å². The quantitative estimate of drug-likeness (QED) is 0.875. The molecule has 1 unspecified atom stereocenters. The molecule has 0 spiro atoms. The maximum Gasteiger partial charge on any atom is 0.405 e. The standard InChI is InChI=1S/C16H19ClF3N3O2/c1-11(14(24)21-10-16(18,19)20)22-5-7-23(8-6-22)15(25)12-3-2-4-13(17)9-12/h2-4,9,11H,5-8,10H2,1H3,(H,21,24). The third kappa shape index (κ3) is 5.61. The van der Waals surface area contributed by atoms with E-state index in [1.54, 1.807) is 41.0 Å². The summed E-state index contributed by atoms with van der Waals surface area (Å²) >= 11 is 5.89. The normalized spacial score (nSPS) is 17.2. The number of carbonyl (C=O) groups excluding carboxylic acids is 2. The molecule has 1 N–H and O–H groups in total. The van der Waals surface area contributed by atoms with Crippen LogP contribution in [0.2, 0.25) is 5.02 Å². The van der Waals surface area contributed by atoms with E-state index in [9.17, 15) is 22.8 Å². The summed E-state index contributed by atoms with van der Waals surface area (Å²) in [6, 6.07) is 5.94. The molecule has 2 amide bonds. The Morgan fingerprint density at radius 3 is 2.44 bits per heavy atom. The summed E-state index contributed by atoms with van der Waals surface area (Å²) in [6.45, 7) is 1.81. The summed E-state index contributed by atoms with van der Waals surface area (Å²) < 4.78 is 36.5. The van der Waals surface area contributed by atoms with Gasteiger partial charge < -0.3 is 10.2 Å². The first-order chi connectivity index (χ1) is 11.7. The van der Waals surface area contributed by atoms with Crippen LogP contribution in [0.15, 0.2) is 24.3 Å². The Hall–Kier alpha value is -1.80. The number of nitrogens with one attached hydrogen (secondary N) is 1. The molecular formula is C16H19ClF3N3O2. The number of amides is 2. The van der Waals surface area contributed by atoms with Gasteiger partial charge in [0.15, 0.2) is 0 Å². The van der Waals surface area contributed by atoms with Crippen molar-refractivity contribution in [3.8, 4) is 0 Å². The van der Waals surface area contributed by atoms with E-state index in [-0.39, 0.29) is 5.91 Å². The van der Waals surface area contributed by atoms with Crippen LogP contribution in [0.1, 0.15) is 17.3 Å². The van der Waals surface area contributed by atoms with E-state index < -0.39 is 24.7 Å². The molecule has 0 bridgehead atoms. The van der Waals surface area contributed by atoms with Gasteiger partial charge in [0.25, 0.3) is 5.91 Å². The van der Waals surface area contributed by atoms with Crippen LogP contribution in [-0.4, -0.2) is 66.6 Å². The molecule has 9 heteroatoms. The molecule has 1 aromatic carbocycles. The summed E-state index contributed by atoms with van der Waals surface area (Å²) in [6.07, 6.45) is -4.43.